The van der Waals surface area contributed by atoms with Crippen molar-refractivity contribution in [1.82, 2.24) is 10.2 Å². The largest absolute Gasteiger partial charge is 0.492 e. The second-order valence-corrected chi connectivity index (χ2v) is 11.3. The third kappa shape index (κ3) is 4.88. The van der Waals surface area contributed by atoms with Gasteiger partial charge in [-0.1, -0.05) is 38.4 Å². The van der Waals surface area contributed by atoms with Gasteiger partial charge in [0.25, 0.3) is 0 Å². The van der Waals surface area contributed by atoms with Gasteiger partial charge in [-0.05, 0) is 91.1 Å². The zero-order valence-electron chi connectivity index (χ0n) is 20.7. The molecule has 3 saturated heterocycles. The normalized spacial score (nSPS) is 26.3. The van der Waals surface area contributed by atoms with Crippen LogP contribution in [0, 0.1) is 17.2 Å². The molecule has 1 aliphatic carbocycles. The van der Waals surface area contributed by atoms with Gasteiger partial charge < -0.3 is 14.8 Å². The van der Waals surface area contributed by atoms with Crippen molar-refractivity contribution in [3.63, 3.8) is 0 Å². The summed E-state index contributed by atoms with van der Waals surface area (Å²) in [5.74, 6) is 0.711. The molecule has 2 aromatic rings. The van der Waals surface area contributed by atoms with E-state index in [0.717, 1.165) is 56.4 Å². The summed E-state index contributed by atoms with van der Waals surface area (Å²) < 4.78 is 26.9. The van der Waals surface area contributed by atoms with Gasteiger partial charge in [-0.3, -0.25) is 4.90 Å². The van der Waals surface area contributed by atoms with Crippen LogP contribution in [0.3, 0.4) is 0 Å². The summed E-state index contributed by atoms with van der Waals surface area (Å²) in [6.07, 6.45) is 3.31. The molecule has 0 saturated carbocycles. The van der Waals surface area contributed by atoms with Crippen LogP contribution in [-0.4, -0.2) is 43.3 Å². The molecule has 0 radical (unpaired) electrons. The van der Waals surface area contributed by atoms with E-state index in [2.05, 4.69) is 24.1 Å². The Morgan fingerprint density at radius 2 is 2.00 bits per heavy atom. The highest BCUT2D eigenvalue weighted by Crippen LogP contribution is 2.47. The minimum absolute atomic E-state index is 0.0605. The first-order valence-electron chi connectivity index (χ1n) is 12.7. The van der Waals surface area contributed by atoms with E-state index in [1.807, 2.05) is 19.1 Å². The quantitative estimate of drug-likeness (QED) is 0.500. The Hall–Kier alpha value is -2.31. The molecule has 2 atom stereocenters. The molecule has 35 heavy (non-hydrogen) atoms. The summed E-state index contributed by atoms with van der Waals surface area (Å²) in [6, 6.07) is 8.52. The highest BCUT2D eigenvalue weighted by molar-refractivity contribution is 6.32. The van der Waals surface area contributed by atoms with Crippen molar-refractivity contribution in [2.75, 3.05) is 26.2 Å². The molecule has 6 rings (SSSR count). The Balaban J connectivity index is 1.35. The van der Waals surface area contributed by atoms with E-state index in [1.165, 1.54) is 0 Å². The number of hydrogen-bond donors (Lipinski definition) is 1. The van der Waals surface area contributed by atoms with Crippen LogP contribution in [-0.2, 0) is 11.2 Å². The number of benzene rings is 2. The molecule has 7 heteroatoms. The third-order valence-electron chi connectivity index (χ3n) is 7.79. The van der Waals surface area contributed by atoms with E-state index < -0.39 is 6.09 Å². The summed E-state index contributed by atoms with van der Waals surface area (Å²) in [5.41, 5.74) is 2.78. The van der Waals surface area contributed by atoms with Gasteiger partial charge in [0.2, 0.25) is 0 Å². The van der Waals surface area contributed by atoms with Gasteiger partial charge in [0, 0.05) is 12.1 Å². The van der Waals surface area contributed by atoms with E-state index >= 15 is 4.39 Å². The zero-order valence-corrected chi connectivity index (χ0v) is 21.5. The fraction of sp³-hybridized carbons (Fsp3) is 0.536. The van der Waals surface area contributed by atoms with Crippen LogP contribution in [0.15, 0.2) is 30.3 Å². The number of hydrogen-bond acceptors (Lipinski definition) is 4. The van der Waals surface area contributed by atoms with Crippen LogP contribution in [0.4, 0.5) is 9.18 Å². The van der Waals surface area contributed by atoms with E-state index in [9.17, 15) is 4.79 Å². The van der Waals surface area contributed by atoms with Gasteiger partial charge in [-0.2, -0.15) is 0 Å². The van der Waals surface area contributed by atoms with Crippen molar-refractivity contribution >= 4 is 17.7 Å². The molecular weight excluding hydrogens is 467 g/mol. The standard InChI is InChI=1S/C28H34ClFN2O3/c1-4-11-34-24-6-5-18(13-22(24)29)20-12-19-15-28(2,3)26(21(19)14-23(20)30)31-27(33)35-25-16-32-9-7-17(25)8-10-32/h5-6,12-14,17,25-26H,4,7-11,15-16H2,1-3H3,(H,31,33)/t25-,26+/m1/s1. The van der Waals surface area contributed by atoms with E-state index in [-0.39, 0.29) is 23.4 Å². The lowest BCUT2D eigenvalue weighted by Gasteiger charge is -2.44. The minimum atomic E-state index is -0.409. The molecule has 1 amide bonds. The van der Waals surface area contributed by atoms with Gasteiger partial charge in [0.05, 0.1) is 17.7 Å². The molecule has 3 aliphatic heterocycles. The summed E-state index contributed by atoms with van der Waals surface area (Å²) >= 11 is 6.40. The number of nitrogens with one attached hydrogen (secondary N) is 1. The Morgan fingerprint density at radius 1 is 1.23 bits per heavy atom. The van der Waals surface area contributed by atoms with Gasteiger partial charge in [0.1, 0.15) is 17.7 Å². The maximum atomic E-state index is 15.4. The molecule has 5 nitrogen and oxygen atoms in total. The van der Waals surface area contributed by atoms with E-state index in [0.29, 0.717) is 34.4 Å². The van der Waals surface area contributed by atoms with Crippen molar-refractivity contribution in [3.05, 3.63) is 52.3 Å². The lowest BCUT2D eigenvalue weighted by molar-refractivity contribution is -0.0349. The molecule has 4 aliphatic rings. The monoisotopic (exact) mass is 500 g/mol. The number of halogens is 2. The van der Waals surface area contributed by atoms with Gasteiger partial charge in [-0.25, -0.2) is 9.18 Å². The maximum absolute atomic E-state index is 15.4. The Bertz CT molecular complexity index is 1110. The van der Waals surface area contributed by atoms with Gasteiger partial charge >= 0.3 is 6.09 Å². The number of amides is 1. The van der Waals surface area contributed by atoms with Crippen LogP contribution in [0.1, 0.15) is 57.2 Å². The fourth-order valence-electron chi connectivity index (χ4n) is 5.89. The minimum Gasteiger partial charge on any atom is -0.492 e. The van der Waals surface area contributed by atoms with Crippen LogP contribution in [0.5, 0.6) is 5.75 Å². The Morgan fingerprint density at radius 3 is 2.66 bits per heavy atom. The average molecular weight is 501 g/mol. The number of nitrogens with zero attached hydrogens (tertiary/aromatic N) is 1. The predicted molar refractivity (Wildman–Crippen MR) is 135 cm³/mol. The average Bonchev–Trinajstić information content (AvgIpc) is 3.07. The van der Waals surface area contributed by atoms with Crippen LogP contribution >= 0.6 is 11.6 Å². The van der Waals surface area contributed by atoms with Crippen LogP contribution < -0.4 is 10.1 Å². The van der Waals surface area contributed by atoms with E-state index in [1.54, 1.807) is 18.2 Å². The summed E-state index contributed by atoms with van der Waals surface area (Å²) in [6.45, 7) is 9.81. The lowest BCUT2D eigenvalue weighted by Crippen LogP contribution is -2.53. The number of piperidine rings is 3. The Labute approximate surface area is 211 Å². The number of carbonyl (C=O) groups excluding carboxylic acids is 1. The number of ether oxygens (including phenoxy) is 2. The molecule has 0 unspecified atom stereocenters. The van der Waals surface area contributed by atoms with Crippen molar-refractivity contribution in [2.24, 2.45) is 11.3 Å². The third-order valence-corrected chi connectivity index (χ3v) is 8.08. The first-order chi connectivity index (χ1) is 16.7. The molecule has 1 N–H and O–H groups in total. The second kappa shape index (κ2) is 9.62. The van der Waals surface area contributed by atoms with Crippen molar-refractivity contribution in [3.8, 4) is 16.9 Å². The van der Waals surface area contributed by atoms with Gasteiger partial charge in [0.15, 0.2) is 0 Å². The molecule has 3 fully saturated rings. The maximum Gasteiger partial charge on any atom is 0.407 e. The predicted octanol–water partition coefficient (Wildman–Crippen LogP) is 6.38. The summed E-state index contributed by atoms with van der Waals surface area (Å²) in [7, 11) is 0. The SMILES string of the molecule is CCCOc1ccc(-c2cc3c(cc2F)[C@H](NC(=O)O[C@@H]2CN4CCC2CC4)C(C)(C)C3)cc1Cl. The molecule has 2 aromatic carbocycles. The van der Waals surface area contributed by atoms with Crippen molar-refractivity contribution < 1.29 is 18.7 Å². The number of alkyl carbamates (subject to hydrolysis) is 1. The topological polar surface area (TPSA) is 50.8 Å². The van der Waals surface area contributed by atoms with Crippen LogP contribution in [0.2, 0.25) is 5.02 Å². The highest BCUT2D eigenvalue weighted by atomic mass is 35.5. The van der Waals surface area contributed by atoms with Crippen molar-refractivity contribution in [1.29, 1.82) is 0 Å². The molecule has 0 aromatic heterocycles. The molecule has 2 bridgehead atoms. The number of fused-ring (bicyclic) bond motifs is 4. The number of rotatable bonds is 6. The first kappa shape index (κ1) is 24.4. The lowest BCUT2D eigenvalue weighted by atomic mass is 9.85. The first-order valence-corrected chi connectivity index (χ1v) is 13.1. The Kier molecular flexibility index (Phi) is 6.71. The van der Waals surface area contributed by atoms with Crippen LogP contribution in [0.25, 0.3) is 11.1 Å². The molecule has 188 valence electrons. The number of carbonyl (C=O) groups is 1. The van der Waals surface area contributed by atoms with E-state index in [4.69, 9.17) is 21.1 Å². The summed E-state index contributed by atoms with van der Waals surface area (Å²) in [4.78, 5) is 15.2. The molecular formula is C28H34ClFN2O3. The van der Waals surface area contributed by atoms with Gasteiger partial charge in [-0.15, -0.1) is 0 Å². The van der Waals surface area contributed by atoms with Crippen molar-refractivity contribution in [2.45, 2.75) is 58.6 Å². The molecule has 0 spiro atoms. The second-order valence-electron chi connectivity index (χ2n) is 10.8. The zero-order chi connectivity index (χ0) is 24.7. The molecule has 3 heterocycles. The smallest absolute Gasteiger partial charge is 0.407 e. The summed E-state index contributed by atoms with van der Waals surface area (Å²) in [5, 5.41) is 3.53. The fourth-order valence-corrected chi connectivity index (χ4v) is 6.13. The highest BCUT2D eigenvalue weighted by Gasteiger charge is 2.42.